The molecule has 0 unspecified atom stereocenters. The summed E-state index contributed by atoms with van der Waals surface area (Å²) in [5.74, 6) is 0.395. The molecule has 2 amide bonds. The molecule has 0 aromatic heterocycles. The Morgan fingerprint density at radius 3 is 2.22 bits per heavy atom. The second kappa shape index (κ2) is 11.0. The van der Waals surface area contributed by atoms with Crippen LogP contribution in [0.3, 0.4) is 0 Å². The summed E-state index contributed by atoms with van der Waals surface area (Å²) in [6.07, 6.45) is 1.44. The van der Waals surface area contributed by atoms with Crippen LogP contribution in [-0.4, -0.2) is 45.7 Å². The fourth-order valence-corrected chi connectivity index (χ4v) is 2.57. The molecular weight excluding hydrogens is 344 g/mol. The van der Waals surface area contributed by atoms with Gasteiger partial charge in [-0.05, 0) is 48.7 Å². The van der Waals surface area contributed by atoms with Crippen molar-refractivity contribution in [1.29, 1.82) is 0 Å². The Labute approximate surface area is 159 Å². The highest BCUT2D eigenvalue weighted by atomic mass is 16.5. The number of ether oxygens (including phenoxy) is 2. The molecule has 2 rings (SSSR count). The van der Waals surface area contributed by atoms with Gasteiger partial charge in [-0.1, -0.05) is 18.2 Å². The summed E-state index contributed by atoms with van der Waals surface area (Å²) in [4.78, 5) is 24.5. The molecule has 2 aromatic carbocycles. The highest BCUT2D eigenvalue weighted by Gasteiger charge is 2.10. The van der Waals surface area contributed by atoms with Gasteiger partial charge in [0, 0.05) is 37.9 Å². The second-order valence-electron chi connectivity index (χ2n) is 6.04. The largest absolute Gasteiger partial charge is 0.497 e. The molecule has 0 bridgehead atoms. The summed E-state index contributed by atoms with van der Waals surface area (Å²) in [6, 6.07) is 14.4. The van der Waals surface area contributed by atoms with E-state index in [0.717, 1.165) is 17.7 Å². The van der Waals surface area contributed by atoms with Gasteiger partial charge in [0.2, 0.25) is 0 Å². The number of nitrogens with one attached hydrogen (secondary N) is 2. The quantitative estimate of drug-likeness (QED) is 0.630. The second-order valence-corrected chi connectivity index (χ2v) is 6.04. The van der Waals surface area contributed by atoms with Gasteiger partial charge in [0.15, 0.2) is 0 Å². The molecule has 6 nitrogen and oxygen atoms in total. The van der Waals surface area contributed by atoms with Crippen LogP contribution >= 0.6 is 0 Å². The normalized spacial score (nSPS) is 10.3. The lowest BCUT2D eigenvalue weighted by atomic mass is 10.1. The van der Waals surface area contributed by atoms with E-state index in [1.54, 1.807) is 38.5 Å². The predicted molar refractivity (Wildman–Crippen MR) is 104 cm³/mol. The van der Waals surface area contributed by atoms with Crippen molar-refractivity contribution in [2.24, 2.45) is 0 Å². The maximum atomic E-state index is 12.3. The first-order valence-corrected chi connectivity index (χ1v) is 8.92. The van der Waals surface area contributed by atoms with Crippen LogP contribution in [0.1, 0.15) is 32.7 Å². The van der Waals surface area contributed by atoms with Crippen LogP contribution in [0, 0.1) is 0 Å². The van der Waals surface area contributed by atoms with Crippen molar-refractivity contribution in [3.8, 4) is 5.75 Å². The van der Waals surface area contributed by atoms with Gasteiger partial charge in [0.1, 0.15) is 5.75 Å². The van der Waals surface area contributed by atoms with Crippen LogP contribution in [0.4, 0.5) is 0 Å². The molecule has 0 heterocycles. The molecule has 144 valence electrons. The Morgan fingerprint density at radius 2 is 1.56 bits per heavy atom. The Bertz CT molecular complexity index is 761. The first-order valence-electron chi connectivity index (χ1n) is 8.92. The minimum absolute atomic E-state index is 0.197. The van der Waals surface area contributed by atoms with E-state index in [2.05, 4.69) is 10.6 Å². The number of carbonyl (C=O) groups excluding carboxylic acids is 2. The molecule has 0 saturated heterocycles. The van der Waals surface area contributed by atoms with Crippen LogP contribution in [-0.2, 0) is 11.2 Å². The molecule has 2 N–H and O–H groups in total. The van der Waals surface area contributed by atoms with Crippen molar-refractivity contribution < 1.29 is 19.1 Å². The van der Waals surface area contributed by atoms with Gasteiger partial charge < -0.3 is 20.1 Å². The van der Waals surface area contributed by atoms with Gasteiger partial charge in [-0.2, -0.15) is 0 Å². The number of methoxy groups -OCH3 is 2. The summed E-state index contributed by atoms with van der Waals surface area (Å²) in [6.45, 7) is 1.62. The Hall–Kier alpha value is -2.86. The average molecular weight is 370 g/mol. The lowest BCUT2D eigenvalue weighted by Crippen LogP contribution is -2.27. The van der Waals surface area contributed by atoms with E-state index in [4.69, 9.17) is 9.47 Å². The van der Waals surface area contributed by atoms with Crippen molar-refractivity contribution in [2.75, 3.05) is 33.9 Å². The Kier molecular flexibility index (Phi) is 8.32. The van der Waals surface area contributed by atoms with Crippen LogP contribution in [0.2, 0.25) is 0 Å². The first kappa shape index (κ1) is 20.5. The summed E-state index contributed by atoms with van der Waals surface area (Å²) >= 11 is 0. The number of rotatable bonds is 10. The lowest BCUT2D eigenvalue weighted by molar-refractivity contribution is 0.0948. The van der Waals surface area contributed by atoms with Gasteiger partial charge in [-0.25, -0.2) is 0 Å². The van der Waals surface area contributed by atoms with E-state index in [1.807, 2.05) is 24.3 Å². The summed E-state index contributed by atoms with van der Waals surface area (Å²) < 4.78 is 10.1. The molecule has 2 aromatic rings. The number of carbonyl (C=O) groups is 2. The fourth-order valence-electron chi connectivity index (χ4n) is 2.57. The van der Waals surface area contributed by atoms with Crippen LogP contribution in [0.5, 0.6) is 5.75 Å². The van der Waals surface area contributed by atoms with Crippen LogP contribution in [0.25, 0.3) is 0 Å². The van der Waals surface area contributed by atoms with E-state index in [1.165, 1.54) is 0 Å². The lowest BCUT2D eigenvalue weighted by Gasteiger charge is -2.09. The summed E-state index contributed by atoms with van der Waals surface area (Å²) in [5, 5.41) is 5.70. The number of benzene rings is 2. The third-order valence-corrected chi connectivity index (χ3v) is 4.03. The van der Waals surface area contributed by atoms with Crippen LogP contribution in [0.15, 0.2) is 48.5 Å². The number of amides is 2. The molecule has 6 heteroatoms. The third kappa shape index (κ3) is 6.75. The average Bonchev–Trinajstić information content (AvgIpc) is 2.71. The minimum atomic E-state index is -0.202. The van der Waals surface area contributed by atoms with Crippen molar-refractivity contribution in [2.45, 2.75) is 12.8 Å². The minimum Gasteiger partial charge on any atom is -0.497 e. The Balaban J connectivity index is 1.86. The SMILES string of the molecule is COCCCNC(=O)c1cccc(C(=O)NCCc2cccc(OC)c2)c1. The maximum Gasteiger partial charge on any atom is 0.251 e. The monoisotopic (exact) mass is 370 g/mol. The predicted octanol–water partition coefficient (Wildman–Crippen LogP) is 2.43. The van der Waals surface area contributed by atoms with Crippen molar-refractivity contribution in [3.05, 3.63) is 65.2 Å². The topological polar surface area (TPSA) is 76.7 Å². The molecule has 0 aliphatic heterocycles. The van der Waals surface area contributed by atoms with Crippen molar-refractivity contribution >= 4 is 11.8 Å². The van der Waals surface area contributed by atoms with E-state index >= 15 is 0 Å². The zero-order valence-corrected chi connectivity index (χ0v) is 15.8. The van der Waals surface area contributed by atoms with Crippen molar-refractivity contribution in [1.82, 2.24) is 10.6 Å². The van der Waals surface area contributed by atoms with Gasteiger partial charge >= 0.3 is 0 Å². The highest BCUT2D eigenvalue weighted by Crippen LogP contribution is 2.12. The molecular formula is C21H26N2O4. The third-order valence-electron chi connectivity index (χ3n) is 4.03. The van der Waals surface area contributed by atoms with E-state index < -0.39 is 0 Å². The van der Waals surface area contributed by atoms with Crippen molar-refractivity contribution in [3.63, 3.8) is 0 Å². The zero-order valence-electron chi connectivity index (χ0n) is 15.8. The number of hydrogen-bond donors (Lipinski definition) is 2. The van der Waals surface area contributed by atoms with Crippen LogP contribution < -0.4 is 15.4 Å². The van der Waals surface area contributed by atoms with E-state index in [0.29, 0.717) is 37.2 Å². The molecule has 0 aliphatic rings. The molecule has 0 spiro atoms. The Morgan fingerprint density at radius 1 is 0.889 bits per heavy atom. The molecule has 0 aliphatic carbocycles. The number of hydrogen-bond acceptors (Lipinski definition) is 4. The van der Waals surface area contributed by atoms with E-state index in [-0.39, 0.29) is 11.8 Å². The maximum absolute atomic E-state index is 12.3. The molecule has 0 fully saturated rings. The standard InChI is InChI=1S/C21H26N2O4/c1-26-13-5-11-22-20(24)17-7-4-8-18(15-17)21(25)23-12-10-16-6-3-9-19(14-16)27-2/h3-4,6-9,14-15H,5,10-13H2,1-2H3,(H,22,24)(H,23,25). The van der Waals surface area contributed by atoms with Gasteiger partial charge in [0.25, 0.3) is 11.8 Å². The first-order chi connectivity index (χ1) is 13.1. The summed E-state index contributed by atoms with van der Waals surface area (Å²) in [7, 11) is 3.25. The molecule has 0 atom stereocenters. The van der Waals surface area contributed by atoms with Gasteiger partial charge in [-0.15, -0.1) is 0 Å². The fraction of sp³-hybridized carbons (Fsp3) is 0.333. The van der Waals surface area contributed by atoms with E-state index in [9.17, 15) is 9.59 Å². The zero-order chi connectivity index (χ0) is 19.5. The summed E-state index contributed by atoms with van der Waals surface area (Å²) in [5.41, 5.74) is 2.01. The molecule has 0 saturated carbocycles. The molecule has 0 radical (unpaired) electrons. The smallest absolute Gasteiger partial charge is 0.251 e. The highest BCUT2D eigenvalue weighted by molar-refractivity contribution is 5.99. The molecule has 27 heavy (non-hydrogen) atoms. The van der Waals surface area contributed by atoms with Gasteiger partial charge in [0.05, 0.1) is 7.11 Å². The van der Waals surface area contributed by atoms with Gasteiger partial charge in [-0.3, -0.25) is 9.59 Å².